The second kappa shape index (κ2) is 5.43. The van der Waals surface area contributed by atoms with E-state index in [9.17, 15) is 0 Å². The first-order chi connectivity index (χ1) is 6.33. The molecule has 3 heteroatoms. The Labute approximate surface area is 77.9 Å². The van der Waals surface area contributed by atoms with Crippen LogP contribution < -0.4 is 4.74 Å². The molecule has 0 unspecified atom stereocenters. The monoisotopic (exact) mass is 182 g/mol. The zero-order valence-corrected chi connectivity index (χ0v) is 7.69. The van der Waals surface area contributed by atoms with Crippen molar-refractivity contribution in [3.8, 4) is 11.5 Å². The predicted molar refractivity (Wildman–Crippen MR) is 50.1 cm³/mol. The zero-order chi connectivity index (χ0) is 9.52. The highest BCUT2D eigenvalue weighted by Gasteiger charge is 1.93. The highest BCUT2D eigenvalue weighted by molar-refractivity contribution is 5.29. The Balaban J connectivity index is 2.25. The van der Waals surface area contributed by atoms with E-state index in [1.54, 1.807) is 31.4 Å². The van der Waals surface area contributed by atoms with Gasteiger partial charge in [0.15, 0.2) is 0 Å². The molecule has 0 aliphatic carbocycles. The molecule has 0 saturated heterocycles. The standard InChI is InChI=1S/C10H14O3/c1-12-7-2-8-13-10-5-3-9(11)4-6-10/h3-6,11H,2,7-8H2,1H3. The Morgan fingerprint density at radius 1 is 1.15 bits per heavy atom. The average Bonchev–Trinajstić information content (AvgIpc) is 2.15. The smallest absolute Gasteiger partial charge is 0.119 e. The molecule has 0 bridgehead atoms. The largest absolute Gasteiger partial charge is 0.508 e. The second-order valence-corrected chi connectivity index (χ2v) is 2.69. The van der Waals surface area contributed by atoms with E-state index in [1.165, 1.54) is 0 Å². The number of aromatic hydroxyl groups is 1. The third-order valence-corrected chi connectivity index (χ3v) is 1.60. The molecular formula is C10H14O3. The quantitative estimate of drug-likeness (QED) is 0.706. The van der Waals surface area contributed by atoms with Crippen LogP contribution in [0.25, 0.3) is 0 Å². The lowest BCUT2D eigenvalue weighted by atomic mass is 10.3. The van der Waals surface area contributed by atoms with Crippen molar-refractivity contribution in [2.24, 2.45) is 0 Å². The summed E-state index contributed by atoms with van der Waals surface area (Å²) in [4.78, 5) is 0. The average molecular weight is 182 g/mol. The molecule has 1 N–H and O–H groups in total. The lowest BCUT2D eigenvalue weighted by Gasteiger charge is -2.04. The van der Waals surface area contributed by atoms with Gasteiger partial charge in [-0.1, -0.05) is 0 Å². The van der Waals surface area contributed by atoms with Gasteiger partial charge in [-0.25, -0.2) is 0 Å². The van der Waals surface area contributed by atoms with E-state index in [0.717, 1.165) is 12.2 Å². The van der Waals surface area contributed by atoms with E-state index >= 15 is 0 Å². The molecule has 0 heterocycles. The fourth-order valence-corrected chi connectivity index (χ4v) is 0.936. The zero-order valence-electron chi connectivity index (χ0n) is 7.69. The van der Waals surface area contributed by atoms with E-state index in [4.69, 9.17) is 14.6 Å². The predicted octanol–water partition coefficient (Wildman–Crippen LogP) is 1.81. The highest BCUT2D eigenvalue weighted by atomic mass is 16.5. The molecule has 0 radical (unpaired) electrons. The van der Waals surface area contributed by atoms with Gasteiger partial charge in [-0.2, -0.15) is 0 Å². The van der Waals surface area contributed by atoms with Crippen molar-refractivity contribution in [2.45, 2.75) is 6.42 Å². The van der Waals surface area contributed by atoms with Crippen LogP contribution in [-0.2, 0) is 4.74 Å². The summed E-state index contributed by atoms with van der Waals surface area (Å²) in [7, 11) is 1.67. The minimum atomic E-state index is 0.254. The van der Waals surface area contributed by atoms with Gasteiger partial charge in [0.05, 0.1) is 6.61 Å². The number of ether oxygens (including phenoxy) is 2. The van der Waals surface area contributed by atoms with Crippen molar-refractivity contribution < 1.29 is 14.6 Å². The normalized spacial score (nSPS) is 9.92. The maximum Gasteiger partial charge on any atom is 0.119 e. The van der Waals surface area contributed by atoms with Crippen LogP contribution in [0.4, 0.5) is 0 Å². The molecule has 0 aliphatic rings. The summed E-state index contributed by atoms with van der Waals surface area (Å²) in [5.41, 5.74) is 0. The molecular weight excluding hydrogens is 168 g/mol. The minimum Gasteiger partial charge on any atom is -0.508 e. The van der Waals surface area contributed by atoms with Gasteiger partial charge in [-0.3, -0.25) is 0 Å². The first kappa shape index (κ1) is 9.86. The van der Waals surface area contributed by atoms with E-state index in [2.05, 4.69) is 0 Å². The summed E-state index contributed by atoms with van der Waals surface area (Å²) < 4.78 is 10.3. The molecule has 0 aliphatic heterocycles. The molecule has 0 spiro atoms. The fraction of sp³-hybridized carbons (Fsp3) is 0.400. The van der Waals surface area contributed by atoms with Crippen LogP contribution in [0.1, 0.15) is 6.42 Å². The van der Waals surface area contributed by atoms with Crippen LogP contribution in [0.15, 0.2) is 24.3 Å². The summed E-state index contributed by atoms with van der Waals surface area (Å²) >= 11 is 0. The number of phenolic OH excluding ortho intramolecular Hbond substituents is 1. The van der Waals surface area contributed by atoms with Crippen LogP contribution in [0.2, 0.25) is 0 Å². The highest BCUT2D eigenvalue weighted by Crippen LogP contribution is 2.15. The fourth-order valence-electron chi connectivity index (χ4n) is 0.936. The third-order valence-electron chi connectivity index (χ3n) is 1.60. The summed E-state index contributed by atoms with van der Waals surface area (Å²) in [6.45, 7) is 1.34. The number of phenols is 1. The van der Waals surface area contributed by atoms with Gasteiger partial charge in [0.2, 0.25) is 0 Å². The van der Waals surface area contributed by atoms with Gasteiger partial charge in [0.25, 0.3) is 0 Å². The van der Waals surface area contributed by atoms with Gasteiger partial charge >= 0.3 is 0 Å². The molecule has 13 heavy (non-hydrogen) atoms. The van der Waals surface area contributed by atoms with Gasteiger partial charge in [-0.05, 0) is 24.3 Å². The van der Waals surface area contributed by atoms with E-state index < -0.39 is 0 Å². The Kier molecular flexibility index (Phi) is 4.12. The van der Waals surface area contributed by atoms with Crippen LogP contribution in [0.3, 0.4) is 0 Å². The van der Waals surface area contributed by atoms with Crippen molar-refractivity contribution in [2.75, 3.05) is 20.3 Å². The molecule has 72 valence electrons. The SMILES string of the molecule is COCCCOc1ccc(O)cc1. The molecule has 1 aromatic carbocycles. The summed E-state index contributed by atoms with van der Waals surface area (Å²) in [5, 5.41) is 8.99. The van der Waals surface area contributed by atoms with Crippen molar-refractivity contribution in [3.05, 3.63) is 24.3 Å². The molecule has 0 saturated carbocycles. The Morgan fingerprint density at radius 2 is 1.85 bits per heavy atom. The number of methoxy groups -OCH3 is 1. The van der Waals surface area contributed by atoms with Crippen LogP contribution in [-0.4, -0.2) is 25.4 Å². The minimum absolute atomic E-state index is 0.254. The van der Waals surface area contributed by atoms with E-state index in [1.807, 2.05) is 0 Å². The van der Waals surface area contributed by atoms with Gasteiger partial charge in [-0.15, -0.1) is 0 Å². The van der Waals surface area contributed by atoms with Gasteiger partial charge < -0.3 is 14.6 Å². The van der Waals surface area contributed by atoms with Crippen molar-refractivity contribution in [1.29, 1.82) is 0 Å². The number of hydrogen-bond donors (Lipinski definition) is 1. The first-order valence-electron chi connectivity index (χ1n) is 4.23. The first-order valence-corrected chi connectivity index (χ1v) is 4.23. The van der Waals surface area contributed by atoms with Crippen LogP contribution in [0, 0.1) is 0 Å². The molecule has 0 amide bonds. The Morgan fingerprint density at radius 3 is 2.46 bits per heavy atom. The van der Waals surface area contributed by atoms with Crippen LogP contribution in [0.5, 0.6) is 11.5 Å². The lowest BCUT2D eigenvalue weighted by Crippen LogP contribution is -2.00. The molecule has 1 rings (SSSR count). The lowest BCUT2D eigenvalue weighted by molar-refractivity contribution is 0.172. The van der Waals surface area contributed by atoms with Crippen LogP contribution >= 0.6 is 0 Å². The van der Waals surface area contributed by atoms with Gasteiger partial charge in [0, 0.05) is 20.1 Å². The van der Waals surface area contributed by atoms with Crippen molar-refractivity contribution >= 4 is 0 Å². The molecule has 3 nitrogen and oxygen atoms in total. The Bertz CT molecular complexity index is 230. The van der Waals surface area contributed by atoms with Crippen molar-refractivity contribution in [3.63, 3.8) is 0 Å². The topological polar surface area (TPSA) is 38.7 Å². The van der Waals surface area contributed by atoms with Gasteiger partial charge in [0.1, 0.15) is 11.5 Å². The second-order valence-electron chi connectivity index (χ2n) is 2.69. The maximum absolute atomic E-state index is 8.99. The number of benzene rings is 1. The van der Waals surface area contributed by atoms with E-state index in [0.29, 0.717) is 13.2 Å². The molecule has 1 aromatic rings. The van der Waals surface area contributed by atoms with Crippen molar-refractivity contribution in [1.82, 2.24) is 0 Å². The number of rotatable bonds is 5. The third kappa shape index (κ3) is 3.80. The maximum atomic E-state index is 8.99. The number of hydrogen-bond acceptors (Lipinski definition) is 3. The molecule has 0 aromatic heterocycles. The Hall–Kier alpha value is -1.22. The summed E-state index contributed by atoms with van der Waals surface area (Å²) in [6.07, 6.45) is 0.872. The summed E-state index contributed by atoms with van der Waals surface area (Å²) in [6, 6.07) is 6.68. The summed E-state index contributed by atoms with van der Waals surface area (Å²) in [5.74, 6) is 1.03. The molecule has 0 atom stereocenters. The van der Waals surface area contributed by atoms with E-state index in [-0.39, 0.29) is 5.75 Å². The molecule has 0 fully saturated rings.